The van der Waals surface area contributed by atoms with Gasteiger partial charge in [-0.15, -0.1) is 0 Å². The Kier molecular flexibility index (Phi) is 7.33. The molecular weight excluding hydrogens is 370 g/mol. The normalized spacial score (nSPS) is 10.9. The molecule has 30 heavy (non-hydrogen) atoms. The van der Waals surface area contributed by atoms with E-state index in [1.807, 2.05) is 77.8 Å². The maximum Gasteiger partial charge on any atom is 0.190 e. The van der Waals surface area contributed by atoms with Gasteiger partial charge >= 0.3 is 0 Å². The van der Waals surface area contributed by atoms with Crippen LogP contribution in [0.4, 0.5) is 0 Å². The lowest BCUT2D eigenvalue weighted by Gasteiger charge is -2.20. The number of likely N-dealkylation sites (N-methyl/N-ethyl adjacent to an activating group) is 1. The van der Waals surface area contributed by atoms with Gasteiger partial charge in [-0.1, -0.05) is 48.6 Å². The molecule has 0 radical (unpaired) electrons. The number of hydrogen-bond donors (Lipinski definition) is 0. The van der Waals surface area contributed by atoms with Crippen LogP contribution in [0.2, 0.25) is 0 Å². The van der Waals surface area contributed by atoms with E-state index >= 15 is 0 Å². The van der Waals surface area contributed by atoms with E-state index < -0.39 is 0 Å². The van der Waals surface area contributed by atoms with Crippen molar-refractivity contribution in [3.8, 4) is 0 Å². The minimum atomic E-state index is -0.0426. The van der Waals surface area contributed by atoms with E-state index in [9.17, 15) is 9.59 Å². The Hall–Kier alpha value is -2.78. The molecule has 2 aromatic rings. The molecule has 0 fully saturated rings. The fourth-order valence-electron chi connectivity index (χ4n) is 4.28. The molecule has 3 nitrogen and oxygen atoms in total. The fourth-order valence-corrected chi connectivity index (χ4v) is 4.28. The SMILES string of the molecule is C=C(CN(C)CC(=C)C(=O)c1c(C)cc(C)cc1C)C(=O)c1c(C)cc(C)cc1C. The molecule has 0 atom stereocenters. The highest BCUT2D eigenvalue weighted by atomic mass is 16.1. The molecule has 0 aliphatic heterocycles. The third kappa shape index (κ3) is 5.22. The molecular formula is C27H33NO2. The molecule has 158 valence electrons. The van der Waals surface area contributed by atoms with Gasteiger partial charge < -0.3 is 0 Å². The Labute approximate surface area is 181 Å². The van der Waals surface area contributed by atoms with E-state index in [-0.39, 0.29) is 11.6 Å². The summed E-state index contributed by atoms with van der Waals surface area (Å²) >= 11 is 0. The zero-order chi connectivity index (χ0) is 22.7. The molecule has 0 aliphatic carbocycles. The standard InChI is InChI=1S/C27H33NO2/c1-16-10-18(3)24(19(4)11-16)26(29)22(7)14-28(9)15-23(8)27(30)25-20(5)12-17(2)13-21(25)6/h10-13H,7-8,14-15H2,1-6,9H3. The first-order valence-electron chi connectivity index (χ1n) is 10.2. The van der Waals surface area contributed by atoms with Crippen molar-refractivity contribution in [1.29, 1.82) is 0 Å². The lowest BCUT2D eigenvalue weighted by molar-refractivity contribution is 0.102. The Morgan fingerprint density at radius 2 is 0.933 bits per heavy atom. The van der Waals surface area contributed by atoms with E-state index in [1.165, 1.54) is 0 Å². The summed E-state index contributed by atoms with van der Waals surface area (Å²) in [7, 11) is 1.88. The molecule has 0 unspecified atom stereocenters. The third-order valence-corrected chi connectivity index (χ3v) is 5.37. The van der Waals surface area contributed by atoms with Crippen molar-refractivity contribution in [1.82, 2.24) is 4.90 Å². The zero-order valence-corrected chi connectivity index (χ0v) is 19.4. The molecule has 2 rings (SSSR count). The molecule has 2 aromatic carbocycles. The van der Waals surface area contributed by atoms with Gasteiger partial charge in [-0.2, -0.15) is 0 Å². The number of ketones is 2. The molecule has 0 N–H and O–H groups in total. The van der Waals surface area contributed by atoms with Crippen molar-refractivity contribution in [2.24, 2.45) is 0 Å². The first-order valence-corrected chi connectivity index (χ1v) is 10.2. The number of hydrogen-bond acceptors (Lipinski definition) is 3. The second-order valence-electron chi connectivity index (χ2n) is 8.59. The number of aryl methyl sites for hydroxylation is 6. The summed E-state index contributed by atoms with van der Waals surface area (Å²) < 4.78 is 0. The number of carbonyl (C=O) groups excluding carboxylic acids is 2. The number of rotatable bonds is 8. The highest BCUT2D eigenvalue weighted by molar-refractivity contribution is 6.11. The van der Waals surface area contributed by atoms with Crippen LogP contribution < -0.4 is 0 Å². The van der Waals surface area contributed by atoms with Gasteiger partial charge in [0.1, 0.15) is 0 Å². The van der Waals surface area contributed by atoms with Crippen LogP contribution in [0.15, 0.2) is 48.6 Å². The molecule has 0 saturated carbocycles. The third-order valence-electron chi connectivity index (χ3n) is 5.37. The van der Waals surface area contributed by atoms with Crippen molar-refractivity contribution in [3.05, 3.63) is 93.1 Å². The van der Waals surface area contributed by atoms with Gasteiger partial charge in [0.2, 0.25) is 0 Å². The van der Waals surface area contributed by atoms with Gasteiger partial charge in [-0.25, -0.2) is 0 Å². The molecule has 0 heterocycles. The predicted molar refractivity (Wildman–Crippen MR) is 126 cm³/mol. The Morgan fingerprint density at radius 1 is 0.667 bits per heavy atom. The van der Waals surface area contributed by atoms with Gasteiger partial charge in [0.25, 0.3) is 0 Å². The molecule has 3 heteroatoms. The largest absolute Gasteiger partial charge is 0.298 e. The molecule has 0 amide bonds. The zero-order valence-electron chi connectivity index (χ0n) is 19.4. The molecule has 0 spiro atoms. The van der Waals surface area contributed by atoms with Gasteiger partial charge in [-0.3, -0.25) is 14.5 Å². The van der Waals surface area contributed by atoms with Crippen molar-refractivity contribution in [2.75, 3.05) is 20.1 Å². The van der Waals surface area contributed by atoms with Crippen LogP contribution in [0.3, 0.4) is 0 Å². The van der Waals surface area contributed by atoms with Gasteiger partial charge in [0, 0.05) is 35.4 Å². The maximum absolute atomic E-state index is 13.0. The number of carbonyl (C=O) groups is 2. The van der Waals surface area contributed by atoms with E-state index in [4.69, 9.17) is 0 Å². The van der Waals surface area contributed by atoms with E-state index in [1.54, 1.807) is 0 Å². The van der Waals surface area contributed by atoms with Crippen LogP contribution >= 0.6 is 0 Å². The summed E-state index contributed by atoms with van der Waals surface area (Å²) in [5.74, 6) is -0.0852. The first kappa shape index (κ1) is 23.5. The van der Waals surface area contributed by atoms with E-state index in [2.05, 4.69) is 13.2 Å². The molecule has 0 saturated heterocycles. The second-order valence-corrected chi connectivity index (χ2v) is 8.59. The fraction of sp³-hybridized carbons (Fsp3) is 0.333. The summed E-state index contributed by atoms with van der Waals surface area (Å²) in [6.45, 7) is 20.7. The van der Waals surface area contributed by atoms with Gasteiger partial charge in [-0.05, 0) is 70.8 Å². The summed E-state index contributed by atoms with van der Waals surface area (Å²) in [6, 6.07) is 8.07. The first-order chi connectivity index (χ1) is 13.9. The van der Waals surface area contributed by atoms with Crippen LogP contribution in [-0.2, 0) is 0 Å². The molecule has 0 bridgehead atoms. The number of Topliss-reactive ketones (excluding diaryl/α,β-unsaturated/α-hetero) is 2. The topological polar surface area (TPSA) is 37.4 Å². The lowest BCUT2D eigenvalue weighted by atomic mass is 9.92. The second kappa shape index (κ2) is 9.36. The maximum atomic E-state index is 13.0. The van der Waals surface area contributed by atoms with E-state index in [0.717, 1.165) is 44.5 Å². The average molecular weight is 404 g/mol. The Morgan fingerprint density at radius 3 is 1.20 bits per heavy atom. The monoisotopic (exact) mass is 403 g/mol. The summed E-state index contributed by atoms with van der Waals surface area (Å²) in [6.07, 6.45) is 0. The Balaban J connectivity index is 2.09. The Bertz CT molecular complexity index is 913. The van der Waals surface area contributed by atoms with Crippen LogP contribution in [-0.4, -0.2) is 36.6 Å². The molecule has 0 aliphatic rings. The van der Waals surface area contributed by atoms with Crippen LogP contribution in [0.1, 0.15) is 54.1 Å². The summed E-state index contributed by atoms with van der Waals surface area (Å²) in [5.41, 5.74) is 8.60. The minimum Gasteiger partial charge on any atom is -0.298 e. The van der Waals surface area contributed by atoms with Crippen molar-refractivity contribution >= 4 is 11.6 Å². The van der Waals surface area contributed by atoms with Crippen molar-refractivity contribution in [3.63, 3.8) is 0 Å². The highest BCUT2D eigenvalue weighted by Crippen LogP contribution is 2.22. The van der Waals surface area contributed by atoms with Crippen LogP contribution in [0, 0.1) is 41.5 Å². The van der Waals surface area contributed by atoms with Crippen LogP contribution in [0.5, 0.6) is 0 Å². The molecule has 0 aromatic heterocycles. The highest BCUT2D eigenvalue weighted by Gasteiger charge is 2.20. The minimum absolute atomic E-state index is 0.0426. The summed E-state index contributed by atoms with van der Waals surface area (Å²) in [5, 5.41) is 0. The average Bonchev–Trinajstić information content (AvgIpc) is 2.59. The van der Waals surface area contributed by atoms with Gasteiger partial charge in [0.05, 0.1) is 0 Å². The lowest BCUT2D eigenvalue weighted by Crippen LogP contribution is -2.28. The van der Waals surface area contributed by atoms with Crippen LogP contribution in [0.25, 0.3) is 0 Å². The smallest absolute Gasteiger partial charge is 0.190 e. The van der Waals surface area contributed by atoms with Crippen molar-refractivity contribution < 1.29 is 9.59 Å². The van der Waals surface area contributed by atoms with Gasteiger partial charge in [0.15, 0.2) is 11.6 Å². The van der Waals surface area contributed by atoms with Crippen molar-refractivity contribution in [2.45, 2.75) is 41.5 Å². The number of nitrogens with zero attached hydrogens (tertiary/aromatic N) is 1. The predicted octanol–water partition coefficient (Wildman–Crippen LogP) is 5.65. The number of benzene rings is 2. The summed E-state index contributed by atoms with van der Waals surface area (Å²) in [4.78, 5) is 27.9. The quantitative estimate of drug-likeness (QED) is 0.422. The van der Waals surface area contributed by atoms with E-state index in [0.29, 0.717) is 24.2 Å².